The molecule has 0 bridgehead atoms. The van der Waals surface area contributed by atoms with Gasteiger partial charge in [0.1, 0.15) is 0 Å². The summed E-state index contributed by atoms with van der Waals surface area (Å²) in [4.78, 5) is 1.30. The maximum atomic E-state index is 12.5. The van der Waals surface area contributed by atoms with Crippen molar-refractivity contribution in [2.75, 3.05) is 0 Å². The highest BCUT2D eigenvalue weighted by molar-refractivity contribution is 9.11. The van der Waals surface area contributed by atoms with Gasteiger partial charge >= 0.3 is 0 Å². The van der Waals surface area contributed by atoms with E-state index in [0.29, 0.717) is 11.0 Å². The SMILES string of the molecule is CCc1ccsc1CNS(=O)(=O)c1cc(Br)c(C)cc1Br. The smallest absolute Gasteiger partial charge is 0.207 e. The molecule has 1 aromatic heterocycles. The maximum Gasteiger partial charge on any atom is 0.242 e. The van der Waals surface area contributed by atoms with Crippen molar-refractivity contribution in [2.24, 2.45) is 0 Å². The molecule has 0 saturated carbocycles. The first-order valence-electron chi connectivity index (χ1n) is 6.35. The monoisotopic (exact) mass is 451 g/mol. The fraction of sp³-hybridized carbons (Fsp3) is 0.286. The molecule has 114 valence electrons. The van der Waals surface area contributed by atoms with E-state index < -0.39 is 10.0 Å². The van der Waals surface area contributed by atoms with Crippen LogP contribution in [0.2, 0.25) is 0 Å². The van der Waals surface area contributed by atoms with Crippen LogP contribution in [0.25, 0.3) is 0 Å². The van der Waals surface area contributed by atoms with Crippen molar-refractivity contribution in [3.63, 3.8) is 0 Å². The van der Waals surface area contributed by atoms with Crippen molar-refractivity contribution in [2.45, 2.75) is 31.7 Å². The van der Waals surface area contributed by atoms with Crippen molar-refractivity contribution in [3.8, 4) is 0 Å². The van der Waals surface area contributed by atoms with Crippen molar-refractivity contribution in [1.29, 1.82) is 0 Å². The Labute approximate surface area is 146 Å². The van der Waals surface area contributed by atoms with Gasteiger partial charge in [0.05, 0.1) is 4.90 Å². The summed E-state index contributed by atoms with van der Waals surface area (Å²) in [5.41, 5.74) is 2.17. The molecule has 0 radical (unpaired) electrons. The van der Waals surface area contributed by atoms with Crippen molar-refractivity contribution < 1.29 is 8.42 Å². The third-order valence-electron chi connectivity index (χ3n) is 3.14. The van der Waals surface area contributed by atoms with Crippen LogP contribution >= 0.6 is 43.2 Å². The molecule has 0 atom stereocenters. The molecule has 1 aromatic carbocycles. The molecule has 0 aliphatic rings. The van der Waals surface area contributed by atoms with Gasteiger partial charge in [-0.25, -0.2) is 13.1 Å². The van der Waals surface area contributed by atoms with Gasteiger partial charge in [0.15, 0.2) is 0 Å². The molecule has 0 aliphatic heterocycles. The Morgan fingerprint density at radius 3 is 2.62 bits per heavy atom. The second-order valence-corrected chi connectivity index (χ2v) is 9.02. The Kier molecular flexibility index (Phi) is 5.65. The van der Waals surface area contributed by atoms with E-state index in [4.69, 9.17) is 0 Å². The van der Waals surface area contributed by atoms with Gasteiger partial charge in [-0.3, -0.25) is 0 Å². The molecule has 0 amide bonds. The van der Waals surface area contributed by atoms with Crippen LogP contribution in [0.5, 0.6) is 0 Å². The van der Waals surface area contributed by atoms with Crippen molar-refractivity contribution >= 4 is 53.2 Å². The minimum Gasteiger partial charge on any atom is -0.207 e. The molecule has 1 N–H and O–H groups in total. The largest absolute Gasteiger partial charge is 0.242 e. The zero-order valence-corrected chi connectivity index (χ0v) is 16.4. The number of halogens is 2. The Morgan fingerprint density at radius 2 is 1.95 bits per heavy atom. The minimum atomic E-state index is -3.55. The molecule has 21 heavy (non-hydrogen) atoms. The summed E-state index contributed by atoms with van der Waals surface area (Å²) in [5, 5.41) is 1.99. The van der Waals surface area contributed by atoms with Gasteiger partial charge in [-0.15, -0.1) is 11.3 Å². The van der Waals surface area contributed by atoms with Crippen LogP contribution < -0.4 is 4.72 Å². The van der Waals surface area contributed by atoms with Gasteiger partial charge in [0.2, 0.25) is 10.0 Å². The first-order valence-corrected chi connectivity index (χ1v) is 10.3. The van der Waals surface area contributed by atoms with E-state index in [0.717, 1.165) is 21.3 Å². The first kappa shape index (κ1) is 17.1. The first-order chi connectivity index (χ1) is 9.85. The number of nitrogens with one attached hydrogen (secondary N) is 1. The summed E-state index contributed by atoms with van der Waals surface area (Å²) in [7, 11) is -3.55. The summed E-state index contributed by atoms with van der Waals surface area (Å²) >= 11 is 8.27. The molecule has 0 unspecified atom stereocenters. The summed E-state index contributed by atoms with van der Waals surface area (Å²) in [5.74, 6) is 0. The van der Waals surface area contributed by atoms with Crippen LogP contribution in [0.1, 0.15) is 22.9 Å². The van der Waals surface area contributed by atoms with Crippen LogP contribution in [0.15, 0.2) is 37.4 Å². The molecule has 2 aromatic rings. The standard InChI is InChI=1S/C14H15Br2NO2S2/c1-3-10-4-5-20-13(10)8-17-21(18,19)14-7-11(15)9(2)6-12(14)16/h4-7,17H,3,8H2,1-2H3. The lowest BCUT2D eigenvalue weighted by atomic mass is 10.2. The number of rotatable bonds is 5. The Morgan fingerprint density at radius 1 is 1.24 bits per heavy atom. The highest BCUT2D eigenvalue weighted by Crippen LogP contribution is 2.29. The van der Waals surface area contributed by atoms with E-state index in [2.05, 4.69) is 43.5 Å². The molecule has 0 fully saturated rings. The molecular formula is C14H15Br2NO2S2. The predicted molar refractivity (Wildman–Crippen MR) is 94.3 cm³/mol. The van der Waals surface area contributed by atoms with Gasteiger partial charge in [-0.05, 0) is 64.0 Å². The third kappa shape index (κ3) is 3.96. The van der Waals surface area contributed by atoms with E-state index in [9.17, 15) is 8.42 Å². The Hall–Kier alpha value is -0.210. The quantitative estimate of drug-likeness (QED) is 0.719. The van der Waals surface area contributed by atoms with Crippen LogP contribution in [-0.2, 0) is 23.0 Å². The second-order valence-electron chi connectivity index (χ2n) is 4.58. The van der Waals surface area contributed by atoms with Crippen LogP contribution in [0.4, 0.5) is 0 Å². The molecule has 3 nitrogen and oxygen atoms in total. The lowest BCUT2D eigenvalue weighted by Crippen LogP contribution is -2.23. The lowest BCUT2D eigenvalue weighted by Gasteiger charge is -2.10. The number of aryl methyl sites for hydroxylation is 2. The molecule has 7 heteroatoms. The molecule has 0 aliphatic carbocycles. The molecule has 0 spiro atoms. The highest BCUT2D eigenvalue weighted by atomic mass is 79.9. The molecule has 2 rings (SSSR count). The summed E-state index contributed by atoms with van der Waals surface area (Å²) < 4.78 is 28.9. The van der Waals surface area contributed by atoms with Gasteiger partial charge < -0.3 is 0 Å². The Bertz CT molecular complexity index is 754. The number of thiophene rings is 1. The average Bonchev–Trinajstić information content (AvgIpc) is 2.88. The minimum absolute atomic E-state index is 0.245. The van der Waals surface area contributed by atoms with Gasteiger partial charge in [0, 0.05) is 20.4 Å². The van der Waals surface area contributed by atoms with Gasteiger partial charge in [-0.1, -0.05) is 22.9 Å². The number of hydrogen-bond acceptors (Lipinski definition) is 3. The normalized spacial score (nSPS) is 11.8. The van der Waals surface area contributed by atoms with E-state index in [1.165, 1.54) is 5.56 Å². The third-order valence-corrected chi connectivity index (χ3v) is 7.32. The average molecular weight is 453 g/mol. The fourth-order valence-electron chi connectivity index (χ4n) is 1.91. The lowest BCUT2D eigenvalue weighted by molar-refractivity contribution is 0.581. The fourth-order valence-corrected chi connectivity index (χ4v) is 5.59. The van der Waals surface area contributed by atoms with E-state index >= 15 is 0 Å². The molecule has 1 heterocycles. The van der Waals surface area contributed by atoms with Crippen molar-refractivity contribution in [1.82, 2.24) is 4.72 Å². The number of hydrogen-bond donors (Lipinski definition) is 1. The maximum absolute atomic E-state index is 12.5. The summed E-state index contributed by atoms with van der Waals surface area (Å²) in [6.45, 7) is 4.30. The van der Waals surface area contributed by atoms with Crippen molar-refractivity contribution in [3.05, 3.63) is 48.5 Å². The van der Waals surface area contributed by atoms with E-state index in [1.807, 2.05) is 18.4 Å². The number of benzene rings is 1. The van der Waals surface area contributed by atoms with Gasteiger partial charge in [-0.2, -0.15) is 0 Å². The molecular weight excluding hydrogens is 438 g/mol. The van der Waals surface area contributed by atoms with E-state index in [-0.39, 0.29) is 4.90 Å². The summed E-state index contributed by atoms with van der Waals surface area (Å²) in [6, 6.07) is 5.45. The van der Waals surface area contributed by atoms with E-state index in [1.54, 1.807) is 23.5 Å². The topological polar surface area (TPSA) is 46.2 Å². The van der Waals surface area contributed by atoms with Crippen LogP contribution in [0.3, 0.4) is 0 Å². The second kappa shape index (κ2) is 6.91. The molecule has 0 saturated heterocycles. The number of sulfonamides is 1. The van der Waals surface area contributed by atoms with Crippen LogP contribution in [0, 0.1) is 6.92 Å². The zero-order valence-electron chi connectivity index (χ0n) is 11.6. The Balaban J connectivity index is 2.25. The van der Waals surface area contributed by atoms with Crippen LogP contribution in [-0.4, -0.2) is 8.42 Å². The summed E-state index contributed by atoms with van der Waals surface area (Å²) in [6.07, 6.45) is 0.903. The zero-order chi connectivity index (χ0) is 15.6. The highest BCUT2D eigenvalue weighted by Gasteiger charge is 2.19. The predicted octanol–water partition coefficient (Wildman–Crippen LogP) is 4.62. The van der Waals surface area contributed by atoms with Gasteiger partial charge in [0.25, 0.3) is 0 Å².